The standard InChI is InChI=1S/C16H11F24N.C3H8.FHO.Y/c17-5(18)9(25,26)13(33,34)15(37,38)11(29,30)7(21,22)1-3-41-4-2-8(23,24)12(31,32)16(39,40)14(35,36)10(27,28)6(19)20;1-3-2;1-2;/h5-6,41H,1-4H2;3H2,1-2H3;2H;. The topological polar surface area (TPSA) is 32.3 Å². The summed E-state index contributed by atoms with van der Waals surface area (Å²) in [6.07, 6.45) is -16.4. The molecule has 0 aliphatic heterocycles. The van der Waals surface area contributed by atoms with Crippen LogP contribution in [-0.4, -0.2) is 90.5 Å². The van der Waals surface area contributed by atoms with E-state index in [2.05, 4.69) is 13.8 Å². The van der Waals surface area contributed by atoms with E-state index in [0.717, 1.165) is 5.32 Å². The Morgan fingerprint density at radius 1 is 0.426 bits per heavy atom. The van der Waals surface area contributed by atoms with E-state index in [4.69, 9.17) is 9.84 Å². The molecule has 285 valence electrons. The molecular formula is C19H20F25NOY. The molecule has 47 heavy (non-hydrogen) atoms. The molecule has 0 spiro atoms. The van der Waals surface area contributed by atoms with Gasteiger partial charge in [0, 0.05) is 58.6 Å². The number of hydrogen-bond donors (Lipinski definition) is 2. The summed E-state index contributed by atoms with van der Waals surface area (Å²) in [6, 6.07) is 0. The molecule has 0 aromatic rings. The van der Waals surface area contributed by atoms with Crippen molar-refractivity contribution >= 4 is 0 Å². The number of alkyl halides is 24. The molecule has 28 heteroatoms. The van der Waals surface area contributed by atoms with E-state index in [0.29, 0.717) is 0 Å². The molecule has 0 aliphatic rings. The molecular weight excluding hydrogens is 822 g/mol. The molecule has 0 rings (SSSR count). The first kappa shape index (κ1) is 53.1. The van der Waals surface area contributed by atoms with Gasteiger partial charge in [0.15, 0.2) is 0 Å². The maximum absolute atomic E-state index is 13.5. The Bertz CT molecular complexity index is 839. The minimum atomic E-state index is -7.98. The van der Waals surface area contributed by atoms with Crippen LogP contribution in [0.5, 0.6) is 0 Å². The Morgan fingerprint density at radius 2 is 0.617 bits per heavy atom. The minimum absolute atomic E-state index is 0. The average Bonchev–Trinajstić information content (AvgIpc) is 2.88. The van der Waals surface area contributed by atoms with Gasteiger partial charge in [0.05, 0.1) is 0 Å². The third kappa shape index (κ3) is 9.74. The monoisotopic (exact) mass is 842 g/mol. The van der Waals surface area contributed by atoms with Crippen molar-refractivity contribution in [2.75, 3.05) is 13.1 Å². The summed E-state index contributed by atoms with van der Waals surface area (Å²) < 4.78 is 320. The first-order valence-corrected chi connectivity index (χ1v) is 11.2. The summed E-state index contributed by atoms with van der Waals surface area (Å²) >= 11 is 0. The van der Waals surface area contributed by atoms with E-state index in [1.165, 1.54) is 6.42 Å². The van der Waals surface area contributed by atoms with E-state index in [1.54, 1.807) is 0 Å². The van der Waals surface area contributed by atoms with Gasteiger partial charge in [-0.05, 0) is 0 Å². The molecule has 0 bridgehead atoms. The number of rotatable bonds is 16. The van der Waals surface area contributed by atoms with Crippen LogP contribution in [0, 0.1) is 0 Å². The van der Waals surface area contributed by atoms with Crippen LogP contribution in [0.3, 0.4) is 0 Å². The summed E-state index contributed by atoms with van der Waals surface area (Å²) in [5.41, 5.74) is 0. The second kappa shape index (κ2) is 17.5. The maximum Gasteiger partial charge on any atom is 0.384 e. The first-order chi connectivity index (χ1) is 20.0. The predicted octanol–water partition coefficient (Wildman–Crippen LogP) is 9.52. The summed E-state index contributed by atoms with van der Waals surface area (Å²) in [5, 5.41) is 6.39. The van der Waals surface area contributed by atoms with Crippen molar-refractivity contribution in [3.05, 3.63) is 0 Å². The fraction of sp³-hybridized carbons (Fsp3) is 1.00. The van der Waals surface area contributed by atoms with E-state index in [1.807, 2.05) is 0 Å². The van der Waals surface area contributed by atoms with Gasteiger partial charge in [-0.15, -0.1) is 0 Å². The SMILES string of the molecule is CCC.FC(F)C(F)(F)C(F)(F)C(F)(F)C(F)(F)C(F)(F)CCNCCC(F)(F)C(F)(F)C(F)(F)C(F)(F)C(F)(F)C(F)F.OF.[Y]. The van der Waals surface area contributed by atoms with Crippen LogP contribution in [-0.2, 0) is 32.7 Å². The van der Waals surface area contributed by atoms with Gasteiger partial charge in [0.1, 0.15) is 0 Å². The second-order valence-electron chi connectivity index (χ2n) is 8.66. The van der Waals surface area contributed by atoms with Gasteiger partial charge in [-0.2, -0.15) is 87.8 Å². The molecule has 0 amide bonds. The molecule has 0 unspecified atom stereocenters. The van der Waals surface area contributed by atoms with Crippen molar-refractivity contribution in [3.8, 4) is 0 Å². The van der Waals surface area contributed by atoms with Crippen LogP contribution in [0.2, 0.25) is 0 Å². The van der Waals surface area contributed by atoms with Crippen molar-refractivity contribution < 1.29 is 148 Å². The molecule has 0 aromatic heterocycles. The molecule has 2 N–H and O–H groups in total. The molecule has 0 aromatic carbocycles. The summed E-state index contributed by atoms with van der Waals surface area (Å²) in [5.74, 6) is -75.0. The van der Waals surface area contributed by atoms with Crippen molar-refractivity contribution in [3.63, 3.8) is 0 Å². The molecule has 0 aliphatic carbocycles. The molecule has 1 radical (unpaired) electrons. The van der Waals surface area contributed by atoms with Crippen LogP contribution in [0.1, 0.15) is 33.1 Å². The molecule has 0 saturated carbocycles. The third-order valence-electron chi connectivity index (χ3n) is 5.11. The molecule has 0 fully saturated rings. The fourth-order valence-electron chi connectivity index (χ4n) is 2.48. The number of nitrogens with one attached hydrogen (secondary N) is 1. The molecule has 0 heterocycles. The van der Waals surface area contributed by atoms with Crippen LogP contribution in [0.4, 0.5) is 110 Å². The molecule has 0 atom stereocenters. The van der Waals surface area contributed by atoms with Gasteiger partial charge in [0.2, 0.25) is 0 Å². The Balaban J connectivity index is -0.00000145. The van der Waals surface area contributed by atoms with E-state index < -0.39 is 98.0 Å². The van der Waals surface area contributed by atoms with Gasteiger partial charge in [-0.1, -0.05) is 24.8 Å². The minimum Gasteiger partial charge on any atom is -0.316 e. The number of hydrogen-bond acceptors (Lipinski definition) is 2. The van der Waals surface area contributed by atoms with Crippen molar-refractivity contribution in [1.29, 1.82) is 0 Å². The Kier molecular flexibility index (Phi) is 19.7. The summed E-state index contributed by atoms with van der Waals surface area (Å²) in [6.45, 7) is -0.153. The average molecular weight is 842 g/mol. The Morgan fingerprint density at radius 3 is 0.787 bits per heavy atom. The third-order valence-corrected chi connectivity index (χ3v) is 5.11. The van der Waals surface area contributed by atoms with Gasteiger partial charge in [0.25, 0.3) is 0 Å². The largest absolute Gasteiger partial charge is 0.384 e. The maximum atomic E-state index is 13.5. The quantitative estimate of drug-likeness (QED) is 0.120. The van der Waals surface area contributed by atoms with E-state index in [-0.39, 0.29) is 32.7 Å². The van der Waals surface area contributed by atoms with Gasteiger partial charge in [-0.25, -0.2) is 22.9 Å². The molecule has 2 nitrogen and oxygen atoms in total. The van der Waals surface area contributed by atoms with Crippen molar-refractivity contribution in [2.24, 2.45) is 0 Å². The van der Waals surface area contributed by atoms with Gasteiger partial charge < -0.3 is 5.32 Å². The Hall–Kier alpha value is -0.726. The zero-order valence-corrected chi connectivity index (χ0v) is 25.5. The van der Waals surface area contributed by atoms with Crippen molar-refractivity contribution in [1.82, 2.24) is 5.32 Å². The smallest absolute Gasteiger partial charge is 0.316 e. The van der Waals surface area contributed by atoms with Crippen LogP contribution < -0.4 is 5.32 Å². The second-order valence-corrected chi connectivity index (χ2v) is 8.66. The van der Waals surface area contributed by atoms with E-state index >= 15 is 0 Å². The van der Waals surface area contributed by atoms with Crippen LogP contribution in [0.15, 0.2) is 0 Å². The predicted molar refractivity (Wildman–Crippen MR) is 103 cm³/mol. The van der Waals surface area contributed by atoms with Crippen LogP contribution >= 0.6 is 0 Å². The van der Waals surface area contributed by atoms with Crippen molar-refractivity contribution in [2.45, 2.75) is 105 Å². The zero-order valence-electron chi connectivity index (χ0n) is 22.7. The summed E-state index contributed by atoms with van der Waals surface area (Å²) in [4.78, 5) is 0. The van der Waals surface area contributed by atoms with Gasteiger partial charge >= 0.3 is 72.1 Å². The van der Waals surface area contributed by atoms with E-state index in [9.17, 15) is 105 Å². The summed E-state index contributed by atoms with van der Waals surface area (Å²) in [7, 11) is 0. The normalized spacial score (nSPS) is 14.7. The zero-order chi connectivity index (χ0) is 38.4. The Labute approximate surface area is 271 Å². The molecule has 0 saturated heterocycles. The fourth-order valence-corrected chi connectivity index (χ4v) is 2.48. The van der Waals surface area contributed by atoms with Crippen LogP contribution in [0.25, 0.3) is 0 Å². The van der Waals surface area contributed by atoms with Gasteiger partial charge in [-0.3, -0.25) is 0 Å². The first-order valence-electron chi connectivity index (χ1n) is 11.2. The number of halogens is 25.